The summed E-state index contributed by atoms with van der Waals surface area (Å²) >= 11 is 0. The molecule has 0 fully saturated rings. The largest absolute Gasteiger partial charge is 0.493 e. The first-order valence-corrected chi connectivity index (χ1v) is 8.43. The molecule has 29 heavy (non-hydrogen) atoms. The fraction of sp³-hybridized carbons (Fsp3) is 0.150. The Bertz CT molecular complexity index is 1010. The molecule has 2 aromatic carbocycles. The van der Waals surface area contributed by atoms with E-state index in [1.165, 1.54) is 20.4 Å². The molecule has 6 nitrogen and oxygen atoms in total. The minimum Gasteiger partial charge on any atom is -0.493 e. The van der Waals surface area contributed by atoms with Crippen LogP contribution >= 0.6 is 0 Å². The Kier molecular flexibility index (Phi) is 5.96. The molecule has 0 saturated heterocycles. The average Bonchev–Trinajstić information content (AvgIpc) is 2.73. The Morgan fingerprint density at radius 3 is 2.31 bits per heavy atom. The van der Waals surface area contributed by atoms with Crippen LogP contribution in [0.15, 0.2) is 59.7 Å². The van der Waals surface area contributed by atoms with E-state index in [1.807, 2.05) is 0 Å². The van der Waals surface area contributed by atoms with E-state index in [9.17, 15) is 13.2 Å². The summed E-state index contributed by atoms with van der Waals surface area (Å²) in [6.45, 7) is 0. The quantitative estimate of drug-likeness (QED) is 0.481. The Morgan fingerprint density at radius 2 is 1.66 bits per heavy atom. The number of halogens is 3. The van der Waals surface area contributed by atoms with Gasteiger partial charge in [-0.05, 0) is 29.8 Å². The van der Waals surface area contributed by atoms with Crippen LogP contribution in [0.1, 0.15) is 11.3 Å². The number of ether oxygens (including phenoxy) is 2. The molecular formula is C20H17F3N4O2. The van der Waals surface area contributed by atoms with Crippen LogP contribution in [0.25, 0.3) is 11.3 Å². The molecule has 150 valence electrons. The average molecular weight is 402 g/mol. The van der Waals surface area contributed by atoms with Gasteiger partial charge in [0.25, 0.3) is 0 Å². The van der Waals surface area contributed by atoms with Crippen LogP contribution < -0.4 is 14.9 Å². The van der Waals surface area contributed by atoms with Gasteiger partial charge in [0.1, 0.15) is 0 Å². The zero-order chi connectivity index (χ0) is 20.9. The summed E-state index contributed by atoms with van der Waals surface area (Å²) in [7, 11) is 3.01. The van der Waals surface area contributed by atoms with E-state index in [0.29, 0.717) is 22.6 Å². The van der Waals surface area contributed by atoms with Crippen molar-refractivity contribution in [3.63, 3.8) is 0 Å². The van der Waals surface area contributed by atoms with E-state index in [2.05, 4.69) is 20.5 Å². The Morgan fingerprint density at radius 1 is 0.931 bits per heavy atom. The number of hydrogen-bond donors (Lipinski definition) is 1. The summed E-state index contributed by atoms with van der Waals surface area (Å²) in [5.41, 5.74) is 2.71. The Balaban J connectivity index is 1.88. The fourth-order valence-electron chi connectivity index (χ4n) is 2.50. The van der Waals surface area contributed by atoms with Gasteiger partial charge in [0, 0.05) is 5.56 Å². The predicted molar refractivity (Wildman–Crippen MR) is 103 cm³/mol. The first kappa shape index (κ1) is 20.1. The molecule has 0 spiro atoms. The Labute approximate surface area is 165 Å². The van der Waals surface area contributed by atoms with E-state index < -0.39 is 11.9 Å². The minimum atomic E-state index is -4.62. The van der Waals surface area contributed by atoms with Crippen LogP contribution in [0.5, 0.6) is 11.5 Å². The van der Waals surface area contributed by atoms with Crippen molar-refractivity contribution in [3.8, 4) is 22.8 Å². The second kappa shape index (κ2) is 8.59. The van der Waals surface area contributed by atoms with Gasteiger partial charge in [-0.2, -0.15) is 18.3 Å². The summed E-state index contributed by atoms with van der Waals surface area (Å²) in [6.07, 6.45) is -3.20. The maximum atomic E-state index is 13.2. The van der Waals surface area contributed by atoms with Crippen molar-refractivity contribution in [2.75, 3.05) is 19.6 Å². The van der Waals surface area contributed by atoms with E-state index in [4.69, 9.17) is 9.47 Å². The molecule has 0 bridgehead atoms. The molecule has 9 heteroatoms. The van der Waals surface area contributed by atoms with Gasteiger partial charge >= 0.3 is 6.18 Å². The second-order valence-corrected chi connectivity index (χ2v) is 5.81. The third kappa shape index (κ3) is 5.01. The highest BCUT2D eigenvalue weighted by Crippen LogP contribution is 2.31. The van der Waals surface area contributed by atoms with Crippen LogP contribution in [-0.4, -0.2) is 30.4 Å². The highest BCUT2D eigenvalue weighted by atomic mass is 19.4. The van der Waals surface area contributed by atoms with Crippen molar-refractivity contribution in [1.82, 2.24) is 9.97 Å². The molecule has 1 heterocycles. The fourth-order valence-corrected chi connectivity index (χ4v) is 2.50. The minimum absolute atomic E-state index is 0.136. The maximum absolute atomic E-state index is 13.2. The first-order valence-electron chi connectivity index (χ1n) is 8.43. The van der Waals surface area contributed by atoms with Crippen LogP contribution in [-0.2, 0) is 6.18 Å². The van der Waals surface area contributed by atoms with Crippen molar-refractivity contribution in [2.24, 2.45) is 5.10 Å². The third-order valence-corrected chi connectivity index (χ3v) is 3.87. The predicted octanol–water partition coefficient (Wildman–Crippen LogP) is 4.63. The number of hydrazone groups is 1. The highest BCUT2D eigenvalue weighted by molar-refractivity contribution is 5.81. The lowest BCUT2D eigenvalue weighted by molar-refractivity contribution is -0.141. The van der Waals surface area contributed by atoms with Crippen LogP contribution in [0.2, 0.25) is 0 Å². The molecule has 0 unspecified atom stereocenters. The lowest BCUT2D eigenvalue weighted by Crippen LogP contribution is -2.11. The maximum Gasteiger partial charge on any atom is 0.433 e. The van der Waals surface area contributed by atoms with Gasteiger partial charge in [0.15, 0.2) is 17.2 Å². The number of aromatic nitrogens is 2. The normalized spacial score (nSPS) is 11.5. The van der Waals surface area contributed by atoms with Crippen LogP contribution in [0.3, 0.4) is 0 Å². The SMILES string of the molecule is COc1ccc(/C=N\Nc2nc(-c3ccccc3)cc(C(F)(F)F)n2)cc1OC. The third-order valence-electron chi connectivity index (χ3n) is 3.87. The van der Waals surface area contributed by atoms with Gasteiger partial charge in [-0.15, -0.1) is 0 Å². The van der Waals surface area contributed by atoms with Gasteiger partial charge in [-0.1, -0.05) is 30.3 Å². The number of benzene rings is 2. The first-order chi connectivity index (χ1) is 13.9. The molecule has 0 amide bonds. The summed E-state index contributed by atoms with van der Waals surface area (Å²) < 4.78 is 50.0. The van der Waals surface area contributed by atoms with Gasteiger partial charge in [0.05, 0.1) is 26.1 Å². The van der Waals surface area contributed by atoms with Crippen molar-refractivity contribution < 1.29 is 22.6 Å². The number of nitrogens with zero attached hydrogens (tertiary/aromatic N) is 3. The number of anilines is 1. The molecule has 0 aliphatic carbocycles. The van der Waals surface area contributed by atoms with Gasteiger partial charge in [0.2, 0.25) is 5.95 Å². The number of hydrogen-bond acceptors (Lipinski definition) is 6. The van der Waals surface area contributed by atoms with Gasteiger partial charge < -0.3 is 9.47 Å². The van der Waals surface area contributed by atoms with E-state index in [1.54, 1.807) is 48.5 Å². The highest BCUT2D eigenvalue weighted by Gasteiger charge is 2.33. The van der Waals surface area contributed by atoms with Crippen LogP contribution in [0.4, 0.5) is 19.1 Å². The molecule has 0 aliphatic heterocycles. The van der Waals surface area contributed by atoms with Crippen molar-refractivity contribution in [3.05, 3.63) is 65.9 Å². The van der Waals surface area contributed by atoms with Gasteiger partial charge in [-0.3, -0.25) is 0 Å². The van der Waals surface area contributed by atoms with Crippen molar-refractivity contribution in [2.45, 2.75) is 6.18 Å². The summed E-state index contributed by atoms with van der Waals surface area (Å²) in [6, 6.07) is 14.5. The zero-order valence-electron chi connectivity index (χ0n) is 15.6. The number of alkyl halides is 3. The zero-order valence-corrected chi connectivity index (χ0v) is 15.6. The number of rotatable bonds is 6. The Hall–Kier alpha value is -3.62. The summed E-state index contributed by atoms with van der Waals surface area (Å²) in [4.78, 5) is 7.65. The van der Waals surface area contributed by atoms with Crippen molar-refractivity contribution >= 4 is 12.2 Å². The number of nitrogens with one attached hydrogen (secondary N) is 1. The molecule has 3 rings (SSSR count). The van der Waals surface area contributed by atoms with Crippen molar-refractivity contribution in [1.29, 1.82) is 0 Å². The molecule has 1 N–H and O–H groups in total. The second-order valence-electron chi connectivity index (χ2n) is 5.81. The van der Waals surface area contributed by atoms with E-state index >= 15 is 0 Å². The lowest BCUT2D eigenvalue weighted by atomic mass is 10.1. The molecule has 1 aromatic heterocycles. The summed E-state index contributed by atoms with van der Waals surface area (Å²) in [5.74, 6) is 0.778. The molecule has 0 radical (unpaired) electrons. The summed E-state index contributed by atoms with van der Waals surface area (Å²) in [5, 5.41) is 3.94. The van der Waals surface area contributed by atoms with Crippen LogP contribution in [0, 0.1) is 0 Å². The standard InChI is InChI=1S/C20H17F3N4O2/c1-28-16-9-8-13(10-17(16)29-2)12-24-27-19-25-15(14-6-4-3-5-7-14)11-18(26-19)20(21,22)23/h3-12H,1-2H3,(H,25,26,27)/b24-12-. The lowest BCUT2D eigenvalue weighted by Gasteiger charge is -2.10. The molecule has 0 aliphatic rings. The molecule has 0 saturated carbocycles. The molecule has 3 aromatic rings. The monoisotopic (exact) mass is 402 g/mol. The van der Waals surface area contributed by atoms with E-state index in [-0.39, 0.29) is 11.6 Å². The topological polar surface area (TPSA) is 68.6 Å². The smallest absolute Gasteiger partial charge is 0.433 e. The van der Waals surface area contributed by atoms with E-state index in [0.717, 1.165) is 6.07 Å². The molecule has 0 atom stereocenters. The molecular weight excluding hydrogens is 385 g/mol. The number of methoxy groups -OCH3 is 2. The van der Waals surface area contributed by atoms with Gasteiger partial charge in [-0.25, -0.2) is 15.4 Å².